The molecule has 0 radical (unpaired) electrons. The number of fused-ring (bicyclic) bond motifs is 1. The van der Waals surface area contributed by atoms with Crippen LogP contribution >= 0.6 is 11.3 Å². The van der Waals surface area contributed by atoms with Crippen LogP contribution in [-0.4, -0.2) is 15.5 Å². The Morgan fingerprint density at radius 2 is 2.04 bits per heavy atom. The average Bonchev–Trinajstić information content (AvgIpc) is 3.26. The largest absolute Gasteiger partial charge is 0.419 e. The number of hydrogen-bond donors (Lipinski definition) is 1. The van der Waals surface area contributed by atoms with Crippen molar-refractivity contribution in [2.24, 2.45) is 7.05 Å². The molecular weight excluding hydrogens is 362 g/mol. The van der Waals surface area contributed by atoms with Gasteiger partial charge in [-0.05, 0) is 17.7 Å². The van der Waals surface area contributed by atoms with Crippen LogP contribution in [0, 0.1) is 0 Å². The highest BCUT2D eigenvalue weighted by molar-refractivity contribution is 7.09. The van der Waals surface area contributed by atoms with Crippen LogP contribution in [0.25, 0.3) is 22.4 Å². The molecule has 1 N–H and O–H groups in total. The molecule has 2 aromatic heterocycles. The molecule has 136 valence electrons. The molecule has 27 heavy (non-hydrogen) atoms. The van der Waals surface area contributed by atoms with E-state index in [1.807, 2.05) is 53.9 Å². The number of nitrogens with zero attached hydrogens (tertiary/aromatic N) is 2. The number of aryl methyl sites for hydroxylation is 1. The van der Waals surface area contributed by atoms with Crippen molar-refractivity contribution < 1.29 is 9.21 Å². The maximum Gasteiger partial charge on any atom is 0.419 e. The van der Waals surface area contributed by atoms with Gasteiger partial charge in [0.15, 0.2) is 5.58 Å². The maximum atomic E-state index is 12.1. The molecule has 0 saturated heterocycles. The van der Waals surface area contributed by atoms with E-state index in [0.29, 0.717) is 18.5 Å². The van der Waals surface area contributed by atoms with E-state index >= 15 is 0 Å². The molecule has 0 spiro atoms. The Labute approximate surface area is 159 Å². The van der Waals surface area contributed by atoms with Gasteiger partial charge in [-0.15, -0.1) is 11.3 Å². The van der Waals surface area contributed by atoms with Gasteiger partial charge in [-0.1, -0.05) is 36.4 Å². The van der Waals surface area contributed by atoms with Gasteiger partial charge >= 0.3 is 5.76 Å². The van der Waals surface area contributed by atoms with E-state index in [4.69, 9.17) is 4.42 Å². The molecular formula is C20H17N3O3S. The van der Waals surface area contributed by atoms with Crippen LogP contribution in [-0.2, 0) is 24.8 Å². The predicted molar refractivity (Wildman–Crippen MR) is 105 cm³/mol. The van der Waals surface area contributed by atoms with Crippen molar-refractivity contribution in [3.8, 4) is 11.3 Å². The van der Waals surface area contributed by atoms with Crippen molar-refractivity contribution >= 4 is 28.3 Å². The van der Waals surface area contributed by atoms with Crippen molar-refractivity contribution in [3.05, 3.63) is 75.0 Å². The number of nitrogens with one attached hydrogen (secondary N) is 1. The summed E-state index contributed by atoms with van der Waals surface area (Å²) in [6.07, 6.45) is 0.350. The molecule has 0 bridgehead atoms. The van der Waals surface area contributed by atoms with E-state index in [9.17, 15) is 9.59 Å². The lowest BCUT2D eigenvalue weighted by molar-refractivity contribution is -0.120. The highest BCUT2D eigenvalue weighted by atomic mass is 32.1. The Morgan fingerprint density at radius 1 is 1.22 bits per heavy atom. The summed E-state index contributed by atoms with van der Waals surface area (Å²) < 4.78 is 6.70. The number of carbonyl (C=O) groups is 1. The molecule has 1 amide bonds. The number of carbonyl (C=O) groups excluding carboxylic acids is 1. The zero-order valence-electron chi connectivity index (χ0n) is 14.6. The third-order valence-electron chi connectivity index (χ3n) is 4.28. The van der Waals surface area contributed by atoms with Crippen LogP contribution in [0.3, 0.4) is 0 Å². The van der Waals surface area contributed by atoms with Crippen molar-refractivity contribution in [1.82, 2.24) is 14.9 Å². The Kier molecular flexibility index (Phi) is 4.60. The molecule has 0 saturated carbocycles. The second-order valence-electron chi connectivity index (χ2n) is 6.18. The fourth-order valence-corrected chi connectivity index (χ4v) is 3.58. The third-order valence-corrected chi connectivity index (χ3v) is 5.13. The Hall–Kier alpha value is -3.19. The first kappa shape index (κ1) is 17.2. The molecule has 0 fully saturated rings. The van der Waals surface area contributed by atoms with Crippen molar-refractivity contribution in [2.75, 3.05) is 0 Å². The molecule has 7 heteroatoms. The van der Waals surface area contributed by atoms with Gasteiger partial charge in [-0.3, -0.25) is 9.36 Å². The zero-order valence-corrected chi connectivity index (χ0v) is 15.5. The summed E-state index contributed by atoms with van der Waals surface area (Å²) >= 11 is 1.48. The third kappa shape index (κ3) is 3.68. The van der Waals surface area contributed by atoms with Gasteiger partial charge in [-0.2, -0.15) is 0 Å². The monoisotopic (exact) mass is 379 g/mol. The van der Waals surface area contributed by atoms with E-state index in [1.165, 1.54) is 15.9 Å². The Balaban J connectivity index is 1.44. The molecule has 6 nitrogen and oxygen atoms in total. The van der Waals surface area contributed by atoms with Gasteiger partial charge in [0, 0.05) is 18.0 Å². The first-order valence-corrected chi connectivity index (χ1v) is 9.33. The fourth-order valence-electron chi connectivity index (χ4n) is 2.84. The van der Waals surface area contributed by atoms with Crippen LogP contribution in [0.15, 0.2) is 63.1 Å². The summed E-state index contributed by atoms with van der Waals surface area (Å²) in [5.41, 5.74) is 3.92. The number of thiazole rings is 1. The first-order chi connectivity index (χ1) is 13.1. The topological polar surface area (TPSA) is 77.1 Å². The summed E-state index contributed by atoms with van der Waals surface area (Å²) in [6.45, 7) is 0.388. The van der Waals surface area contributed by atoms with E-state index in [2.05, 4.69) is 10.3 Å². The quantitative estimate of drug-likeness (QED) is 0.578. The van der Waals surface area contributed by atoms with E-state index in [-0.39, 0.29) is 11.7 Å². The number of amides is 1. The van der Waals surface area contributed by atoms with Crippen LogP contribution in [0.2, 0.25) is 0 Å². The van der Waals surface area contributed by atoms with Crippen molar-refractivity contribution in [3.63, 3.8) is 0 Å². The molecule has 0 aliphatic carbocycles. The van der Waals surface area contributed by atoms with Gasteiger partial charge in [0.1, 0.15) is 5.01 Å². The minimum Gasteiger partial charge on any atom is -0.408 e. The molecule has 4 aromatic rings. The SMILES string of the molecule is Cn1c(=O)oc2cc(-c3csc(CNC(=O)Cc4ccccc4)n3)ccc21. The second kappa shape index (κ2) is 7.20. The van der Waals surface area contributed by atoms with E-state index < -0.39 is 0 Å². The molecule has 2 aromatic carbocycles. The normalized spacial score (nSPS) is 11.0. The summed E-state index contributed by atoms with van der Waals surface area (Å²) in [5.74, 6) is -0.423. The van der Waals surface area contributed by atoms with Crippen LogP contribution in [0.4, 0.5) is 0 Å². The van der Waals surface area contributed by atoms with Gasteiger partial charge in [0.05, 0.1) is 24.2 Å². The fraction of sp³-hybridized carbons (Fsp3) is 0.150. The average molecular weight is 379 g/mol. The number of rotatable bonds is 5. The highest BCUT2D eigenvalue weighted by Crippen LogP contribution is 2.25. The standard InChI is InChI=1S/C20H17N3O3S/c1-23-16-8-7-14(10-17(16)26-20(23)25)15-12-27-19(22-15)11-21-18(24)9-13-5-3-2-4-6-13/h2-8,10,12H,9,11H2,1H3,(H,21,24). The zero-order chi connectivity index (χ0) is 18.8. The first-order valence-electron chi connectivity index (χ1n) is 8.45. The smallest absolute Gasteiger partial charge is 0.408 e. The van der Waals surface area contributed by atoms with Gasteiger partial charge in [0.25, 0.3) is 0 Å². The van der Waals surface area contributed by atoms with Crippen molar-refractivity contribution in [2.45, 2.75) is 13.0 Å². The van der Waals surface area contributed by atoms with E-state index in [1.54, 1.807) is 7.05 Å². The summed E-state index contributed by atoms with van der Waals surface area (Å²) in [6, 6.07) is 15.2. The van der Waals surface area contributed by atoms with Gasteiger partial charge in [-0.25, -0.2) is 9.78 Å². The predicted octanol–water partition coefficient (Wildman–Crippen LogP) is 3.11. The minimum absolute atomic E-state index is 0.0366. The highest BCUT2D eigenvalue weighted by Gasteiger charge is 2.11. The summed E-state index contributed by atoms with van der Waals surface area (Å²) in [4.78, 5) is 28.3. The molecule has 0 aliphatic rings. The minimum atomic E-state index is -0.387. The Morgan fingerprint density at radius 3 is 2.85 bits per heavy atom. The molecule has 4 rings (SSSR count). The van der Waals surface area contributed by atoms with Crippen LogP contribution in [0.5, 0.6) is 0 Å². The molecule has 0 atom stereocenters. The van der Waals surface area contributed by atoms with Gasteiger partial charge in [0.2, 0.25) is 5.91 Å². The molecule has 0 unspecified atom stereocenters. The number of benzene rings is 2. The lowest BCUT2D eigenvalue weighted by Crippen LogP contribution is -2.24. The lowest BCUT2D eigenvalue weighted by Gasteiger charge is -2.03. The second-order valence-corrected chi connectivity index (χ2v) is 7.12. The molecule has 0 aliphatic heterocycles. The number of aromatic nitrogens is 2. The summed E-state index contributed by atoms with van der Waals surface area (Å²) in [5, 5.41) is 5.65. The number of hydrogen-bond acceptors (Lipinski definition) is 5. The molecule has 2 heterocycles. The van der Waals surface area contributed by atoms with Gasteiger partial charge < -0.3 is 9.73 Å². The van der Waals surface area contributed by atoms with E-state index in [0.717, 1.165) is 27.3 Å². The maximum absolute atomic E-state index is 12.1. The number of oxazole rings is 1. The van der Waals surface area contributed by atoms with Crippen molar-refractivity contribution in [1.29, 1.82) is 0 Å². The Bertz CT molecular complexity index is 1160. The lowest BCUT2D eigenvalue weighted by atomic mass is 10.1. The van der Waals surface area contributed by atoms with Crippen LogP contribution in [0.1, 0.15) is 10.6 Å². The summed E-state index contributed by atoms with van der Waals surface area (Å²) in [7, 11) is 1.67. The van der Waals surface area contributed by atoms with Crippen LogP contribution < -0.4 is 11.1 Å².